The van der Waals surface area contributed by atoms with Crippen LogP contribution in [-0.4, -0.2) is 37.1 Å². The Hall–Kier alpha value is -0.0800. The molecule has 1 spiro atoms. The molecule has 1 aliphatic carbocycles. The molecule has 214 valence electrons. The summed E-state index contributed by atoms with van der Waals surface area (Å²) < 4.78 is 0. The van der Waals surface area contributed by atoms with E-state index < -0.39 is 0 Å². The summed E-state index contributed by atoms with van der Waals surface area (Å²) in [6.45, 7) is 14.8. The van der Waals surface area contributed by atoms with Crippen LogP contribution in [0, 0.1) is 17.3 Å². The molecule has 1 unspecified atom stereocenters. The summed E-state index contributed by atoms with van der Waals surface area (Å²) in [7, 11) is 0. The van der Waals surface area contributed by atoms with E-state index in [0.717, 1.165) is 17.9 Å². The predicted octanol–water partition coefficient (Wildman–Crippen LogP) is 10.2. The minimum atomic E-state index is 0.700. The number of hydrogen-bond donors (Lipinski definition) is 1. The van der Waals surface area contributed by atoms with E-state index in [1.165, 1.54) is 167 Å². The number of nitrogens with zero attached hydrogens (tertiary/aromatic N) is 1. The van der Waals surface area contributed by atoms with Crippen molar-refractivity contribution in [2.75, 3.05) is 26.2 Å². The Morgan fingerprint density at radius 1 is 0.611 bits per heavy atom. The van der Waals surface area contributed by atoms with Gasteiger partial charge in [0.1, 0.15) is 0 Å². The molecule has 0 aromatic heterocycles. The van der Waals surface area contributed by atoms with Gasteiger partial charge in [-0.1, -0.05) is 118 Å². The molecule has 2 fully saturated rings. The van der Waals surface area contributed by atoms with Crippen LogP contribution in [0.25, 0.3) is 0 Å². The molecule has 1 saturated carbocycles. The van der Waals surface area contributed by atoms with Crippen molar-refractivity contribution in [3.05, 3.63) is 0 Å². The van der Waals surface area contributed by atoms with Crippen LogP contribution >= 0.6 is 0 Å². The van der Waals surface area contributed by atoms with Gasteiger partial charge in [-0.15, -0.1) is 0 Å². The maximum atomic E-state index is 4.06. The van der Waals surface area contributed by atoms with Gasteiger partial charge in [-0.05, 0) is 88.3 Å². The van der Waals surface area contributed by atoms with Crippen molar-refractivity contribution in [1.29, 1.82) is 0 Å². The molecular formula is C34H68N2. The Labute approximate surface area is 228 Å². The van der Waals surface area contributed by atoms with E-state index in [9.17, 15) is 0 Å². The van der Waals surface area contributed by atoms with Crippen LogP contribution in [0.15, 0.2) is 0 Å². The van der Waals surface area contributed by atoms with Crippen LogP contribution in [0.1, 0.15) is 169 Å². The molecular weight excluding hydrogens is 436 g/mol. The van der Waals surface area contributed by atoms with E-state index in [1.54, 1.807) is 0 Å². The molecule has 1 heterocycles. The summed E-state index contributed by atoms with van der Waals surface area (Å²) in [5.74, 6) is 1.88. The van der Waals surface area contributed by atoms with E-state index in [0.29, 0.717) is 5.41 Å². The van der Waals surface area contributed by atoms with Gasteiger partial charge in [0.05, 0.1) is 0 Å². The van der Waals surface area contributed by atoms with Crippen molar-refractivity contribution in [3.8, 4) is 0 Å². The first-order chi connectivity index (χ1) is 17.6. The van der Waals surface area contributed by atoms with Gasteiger partial charge >= 0.3 is 0 Å². The fourth-order valence-electron chi connectivity index (χ4n) is 7.19. The Bertz CT molecular complexity index is 475. The summed E-state index contributed by atoms with van der Waals surface area (Å²) in [5, 5.41) is 4.06. The van der Waals surface area contributed by atoms with E-state index in [4.69, 9.17) is 0 Å². The second kappa shape index (κ2) is 19.9. The maximum absolute atomic E-state index is 4.06. The smallest absolute Gasteiger partial charge is 0.00778 e. The van der Waals surface area contributed by atoms with E-state index in [2.05, 4.69) is 37.9 Å². The lowest BCUT2D eigenvalue weighted by molar-refractivity contribution is -0.0000996. The third-order valence-electron chi connectivity index (χ3n) is 9.85. The lowest BCUT2D eigenvalue weighted by atomic mass is 9.60. The van der Waals surface area contributed by atoms with E-state index in [-0.39, 0.29) is 0 Å². The average molecular weight is 505 g/mol. The Balaban J connectivity index is 1.65. The molecule has 1 atom stereocenters. The molecule has 0 bridgehead atoms. The Morgan fingerprint density at radius 2 is 1.08 bits per heavy atom. The zero-order chi connectivity index (χ0) is 25.9. The Kier molecular flexibility index (Phi) is 17.8. The molecule has 36 heavy (non-hydrogen) atoms. The molecule has 2 rings (SSSR count). The van der Waals surface area contributed by atoms with Crippen molar-refractivity contribution in [1.82, 2.24) is 10.2 Å². The van der Waals surface area contributed by atoms with Gasteiger partial charge < -0.3 is 10.2 Å². The molecule has 2 nitrogen and oxygen atoms in total. The third kappa shape index (κ3) is 13.1. The van der Waals surface area contributed by atoms with E-state index in [1.807, 2.05) is 0 Å². The van der Waals surface area contributed by atoms with Crippen LogP contribution in [0.2, 0.25) is 0 Å². The molecule has 0 amide bonds. The fourth-order valence-corrected chi connectivity index (χ4v) is 7.19. The standard InChI is InChI=1S/C34H68N2/c1-5-9-13-16-20-31(21-17-14-10-6-2)29-35-33-27-34(28-33)23-25-36(26-24-34)30-32(19-12-8-4)22-18-15-11-7-3/h31-33,35H,5-30H2,1-4H3. The highest BCUT2D eigenvalue weighted by molar-refractivity contribution is 5.00. The first-order valence-corrected chi connectivity index (χ1v) is 17.1. The normalized spacial score (nSPS) is 19.2. The zero-order valence-corrected chi connectivity index (χ0v) is 25.6. The molecule has 0 aromatic carbocycles. The summed E-state index contributed by atoms with van der Waals surface area (Å²) >= 11 is 0. The van der Waals surface area contributed by atoms with Crippen LogP contribution in [0.3, 0.4) is 0 Å². The molecule has 0 aromatic rings. The first kappa shape index (κ1) is 32.1. The number of nitrogens with one attached hydrogen (secondary N) is 1. The lowest BCUT2D eigenvalue weighted by Gasteiger charge is -2.53. The van der Waals surface area contributed by atoms with Crippen molar-refractivity contribution in [2.45, 2.75) is 175 Å². The van der Waals surface area contributed by atoms with Crippen molar-refractivity contribution >= 4 is 0 Å². The Morgan fingerprint density at radius 3 is 1.58 bits per heavy atom. The SMILES string of the molecule is CCCCCCC(CCCCCC)CNC1CC2(CCN(CC(CCCC)CCCCCC)CC2)C1. The first-order valence-electron chi connectivity index (χ1n) is 17.1. The van der Waals surface area contributed by atoms with Gasteiger partial charge in [-0.25, -0.2) is 0 Å². The van der Waals surface area contributed by atoms with Crippen molar-refractivity contribution < 1.29 is 0 Å². The summed E-state index contributed by atoms with van der Waals surface area (Å²) in [6.07, 6.45) is 31.6. The molecule has 0 radical (unpaired) electrons. The third-order valence-corrected chi connectivity index (χ3v) is 9.85. The highest BCUT2D eigenvalue weighted by Gasteiger charge is 2.45. The minimum Gasteiger partial charge on any atom is -0.314 e. The van der Waals surface area contributed by atoms with Crippen molar-refractivity contribution in [3.63, 3.8) is 0 Å². The van der Waals surface area contributed by atoms with Gasteiger partial charge in [0.25, 0.3) is 0 Å². The fraction of sp³-hybridized carbons (Fsp3) is 1.00. The number of likely N-dealkylation sites (tertiary alicyclic amines) is 1. The highest BCUT2D eigenvalue weighted by Crippen LogP contribution is 2.49. The van der Waals surface area contributed by atoms with Gasteiger partial charge in [-0.3, -0.25) is 0 Å². The number of hydrogen-bond acceptors (Lipinski definition) is 2. The number of rotatable bonds is 23. The molecule has 2 aliphatic rings. The average Bonchev–Trinajstić information content (AvgIpc) is 2.87. The quantitative estimate of drug-likeness (QED) is 0.139. The van der Waals surface area contributed by atoms with Crippen LogP contribution < -0.4 is 5.32 Å². The summed E-state index contributed by atoms with van der Waals surface area (Å²) in [5.41, 5.74) is 0.700. The molecule has 2 heteroatoms. The van der Waals surface area contributed by atoms with E-state index >= 15 is 0 Å². The maximum Gasteiger partial charge on any atom is 0.00778 e. The predicted molar refractivity (Wildman–Crippen MR) is 162 cm³/mol. The largest absolute Gasteiger partial charge is 0.314 e. The summed E-state index contributed by atoms with van der Waals surface area (Å²) in [4.78, 5) is 2.86. The topological polar surface area (TPSA) is 15.3 Å². The van der Waals surface area contributed by atoms with Crippen LogP contribution in [-0.2, 0) is 0 Å². The van der Waals surface area contributed by atoms with Gasteiger partial charge in [0, 0.05) is 12.6 Å². The van der Waals surface area contributed by atoms with Crippen LogP contribution in [0.5, 0.6) is 0 Å². The monoisotopic (exact) mass is 505 g/mol. The summed E-state index contributed by atoms with van der Waals surface area (Å²) in [6, 6.07) is 0.821. The van der Waals surface area contributed by atoms with Crippen LogP contribution in [0.4, 0.5) is 0 Å². The van der Waals surface area contributed by atoms with Gasteiger partial charge in [-0.2, -0.15) is 0 Å². The second-order valence-electron chi connectivity index (χ2n) is 13.2. The lowest BCUT2D eigenvalue weighted by Crippen LogP contribution is -2.54. The molecule has 1 N–H and O–H groups in total. The van der Waals surface area contributed by atoms with Crippen molar-refractivity contribution in [2.24, 2.45) is 17.3 Å². The number of unbranched alkanes of at least 4 members (excludes halogenated alkanes) is 10. The molecule has 1 saturated heterocycles. The highest BCUT2D eigenvalue weighted by atomic mass is 15.1. The number of piperidine rings is 1. The molecule has 1 aliphatic heterocycles. The van der Waals surface area contributed by atoms with Gasteiger partial charge in [0.15, 0.2) is 0 Å². The second-order valence-corrected chi connectivity index (χ2v) is 13.2. The van der Waals surface area contributed by atoms with Gasteiger partial charge in [0.2, 0.25) is 0 Å². The zero-order valence-electron chi connectivity index (χ0n) is 25.6. The minimum absolute atomic E-state index is 0.700.